The van der Waals surface area contributed by atoms with E-state index in [0.717, 1.165) is 5.56 Å². The summed E-state index contributed by atoms with van der Waals surface area (Å²) in [6, 6.07) is 16.1. The number of amides is 1. The van der Waals surface area contributed by atoms with Gasteiger partial charge in [-0.25, -0.2) is 14.2 Å². The van der Waals surface area contributed by atoms with Gasteiger partial charge in [0.15, 0.2) is 0 Å². The van der Waals surface area contributed by atoms with Gasteiger partial charge in [0.1, 0.15) is 11.6 Å². The zero-order valence-electron chi connectivity index (χ0n) is 15.8. The Hall–Kier alpha value is -3.74. The number of aromatic nitrogens is 1. The molecule has 148 valence electrons. The van der Waals surface area contributed by atoms with E-state index < -0.39 is 5.97 Å². The summed E-state index contributed by atoms with van der Waals surface area (Å²) in [4.78, 5) is 28.8. The molecule has 0 atom stereocenters. The first kappa shape index (κ1) is 20.0. The number of nitrogens with one attached hydrogen (secondary N) is 2. The maximum absolute atomic E-state index is 12.9. The minimum absolute atomic E-state index is 0.247. The van der Waals surface area contributed by atoms with Crippen molar-refractivity contribution in [2.45, 2.75) is 13.5 Å². The number of ether oxygens (including phenoxy) is 1. The molecule has 0 spiro atoms. The van der Waals surface area contributed by atoms with Crippen LogP contribution in [0.3, 0.4) is 0 Å². The number of nitrogens with zero attached hydrogens (tertiary/aromatic N) is 1. The highest BCUT2D eigenvalue weighted by Crippen LogP contribution is 2.18. The number of carbonyl (C=O) groups excluding carboxylic acids is 2. The number of para-hydroxylation sites is 1. The molecule has 0 saturated carbocycles. The molecule has 0 aliphatic rings. The van der Waals surface area contributed by atoms with E-state index in [1.807, 2.05) is 0 Å². The predicted molar refractivity (Wildman–Crippen MR) is 108 cm³/mol. The smallest absolute Gasteiger partial charge is 0.340 e. The van der Waals surface area contributed by atoms with Gasteiger partial charge < -0.3 is 15.4 Å². The summed E-state index contributed by atoms with van der Waals surface area (Å²) in [5, 5.41) is 5.82. The van der Waals surface area contributed by atoms with Crippen LogP contribution in [0, 0.1) is 5.82 Å². The molecule has 1 amide bonds. The van der Waals surface area contributed by atoms with Crippen molar-refractivity contribution in [3.63, 3.8) is 0 Å². The maximum Gasteiger partial charge on any atom is 0.340 e. The molecule has 6 nitrogen and oxygen atoms in total. The summed E-state index contributed by atoms with van der Waals surface area (Å²) >= 11 is 0. The Kier molecular flexibility index (Phi) is 6.52. The molecule has 1 aromatic heterocycles. The summed E-state index contributed by atoms with van der Waals surface area (Å²) in [5.74, 6) is -0.592. The zero-order chi connectivity index (χ0) is 20.6. The fourth-order valence-corrected chi connectivity index (χ4v) is 2.60. The van der Waals surface area contributed by atoms with Crippen LogP contribution in [-0.4, -0.2) is 23.5 Å². The number of benzene rings is 2. The molecule has 0 fully saturated rings. The number of carbonyl (C=O) groups is 2. The van der Waals surface area contributed by atoms with Crippen molar-refractivity contribution < 1.29 is 18.7 Å². The highest BCUT2D eigenvalue weighted by atomic mass is 19.1. The van der Waals surface area contributed by atoms with Crippen molar-refractivity contribution in [3.8, 4) is 0 Å². The lowest BCUT2D eigenvalue weighted by molar-refractivity contribution is 0.0527. The molecule has 3 rings (SSSR count). The third-order valence-electron chi connectivity index (χ3n) is 4.08. The Morgan fingerprint density at radius 2 is 1.79 bits per heavy atom. The Bertz CT molecular complexity index is 989. The van der Waals surface area contributed by atoms with Crippen molar-refractivity contribution in [2.24, 2.45) is 0 Å². The number of hydrogen-bond acceptors (Lipinski definition) is 5. The molecule has 29 heavy (non-hydrogen) atoms. The van der Waals surface area contributed by atoms with Gasteiger partial charge in [0.2, 0.25) is 0 Å². The first-order valence-electron chi connectivity index (χ1n) is 9.08. The Morgan fingerprint density at radius 1 is 1.03 bits per heavy atom. The molecular weight excluding hydrogens is 373 g/mol. The molecule has 0 bridgehead atoms. The largest absolute Gasteiger partial charge is 0.462 e. The van der Waals surface area contributed by atoms with Crippen LogP contribution in [0.25, 0.3) is 0 Å². The Labute approximate surface area is 167 Å². The minimum Gasteiger partial charge on any atom is -0.462 e. The van der Waals surface area contributed by atoms with Gasteiger partial charge in [-0.3, -0.25) is 4.79 Å². The molecule has 0 radical (unpaired) electrons. The summed E-state index contributed by atoms with van der Waals surface area (Å²) in [6.45, 7) is 2.44. The van der Waals surface area contributed by atoms with Crippen LogP contribution in [-0.2, 0) is 11.3 Å². The lowest BCUT2D eigenvalue weighted by atomic mass is 10.1. The second-order valence-corrected chi connectivity index (χ2v) is 6.13. The maximum atomic E-state index is 12.9. The van der Waals surface area contributed by atoms with E-state index in [9.17, 15) is 14.0 Å². The third-order valence-corrected chi connectivity index (χ3v) is 4.08. The van der Waals surface area contributed by atoms with Gasteiger partial charge in [0, 0.05) is 12.7 Å². The molecule has 2 aromatic carbocycles. The number of pyridine rings is 1. The number of rotatable bonds is 7. The fourth-order valence-electron chi connectivity index (χ4n) is 2.60. The fraction of sp³-hybridized carbons (Fsp3) is 0.136. The van der Waals surface area contributed by atoms with Gasteiger partial charge >= 0.3 is 5.97 Å². The molecule has 3 aromatic rings. The van der Waals surface area contributed by atoms with Crippen molar-refractivity contribution in [2.75, 3.05) is 17.2 Å². The van der Waals surface area contributed by atoms with E-state index in [2.05, 4.69) is 15.6 Å². The first-order chi connectivity index (χ1) is 14.1. The molecule has 0 unspecified atom stereocenters. The predicted octanol–water partition coefficient (Wildman–Crippen LogP) is 4.26. The van der Waals surface area contributed by atoms with Crippen molar-refractivity contribution in [1.29, 1.82) is 0 Å². The Balaban J connectivity index is 1.63. The SMILES string of the molecule is CCOC(=O)c1ccccc1NC(=O)c1ccc(NCc2ccc(F)cc2)nc1. The second kappa shape index (κ2) is 9.45. The number of anilines is 2. The molecule has 0 saturated heterocycles. The minimum atomic E-state index is -0.498. The van der Waals surface area contributed by atoms with Crippen molar-refractivity contribution in [3.05, 3.63) is 89.4 Å². The third kappa shape index (κ3) is 5.38. The van der Waals surface area contributed by atoms with E-state index >= 15 is 0 Å². The molecule has 0 aliphatic carbocycles. The van der Waals surface area contributed by atoms with Crippen molar-refractivity contribution in [1.82, 2.24) is 4.98 Å². The lowest BCUT2D eigenvalue weighted by Crippen LogP contribution is -2.16. The Morgan fingerprint density at radius 3 is 2.48 bits per heavy atom. The average molecular weight is 393 g/mol. The standard InChI is InChI=1S/C22H20FN3O3/c1-2-29-22(28)18-5-3-4-6-19(18)26-21(27)16-9-12-20(25-14-16)24-13-15-7-10-17(23)11-8-15/h3-12,14H,2,13H2,1H3,(H,24,25)(H,26,27). The normalized spacial score (nSPS) is 10.3. The molecule has 1 heterocycles. The van der Waals surface area contributed by atoms with E-state index in [0.29, 0.717) is 23.6 Å². The van der Waals surface area contributed by atoms with Crippen LogP contribution in [0.15, 0.2) is 66.9 Å². The zero-order valence-corrected chi connectivity index (χ0v) is 15.8. The number of esters is 1. The summed E-state index contributed by atoms with van der Waals surface area (Å²) < 4.78 is 17.9. The second-order valence-electron chi connectivity index (χ2n) is 6.13. The molecule has 2 N–H and O–H groups in total. The topological polar surface area (TPSA) is 80.3 Å². The van der Waals surface area contributed by atoms with Crippen LogP contribution >= 0.6 is 0 Å². The van der Waals surface area contributed by atoms with Gasteiger partial charge in [0.05, 0.1) is 23.4 Å². The van der Waals surface area contributed by atoms with Crippen molar-refractivity contribution >= 4 is 23.4 Å². The van der Waals surface area contributed by atoms with Crippen LogP contribution in [0.5, 0.6) is 0 Å². The monoisotopic (exact) mass is 393 g/mol. The quantitative estimate of drug-likeness (QED) is 0.586. The lowest BCUT2D eigenvalue weighted by Gasteiger charge is -2.11. The molecule has 0 aliphatic heterocycles. The molecule has 7 heteroatoms. The van der Waals surface area contributed by atoms with Gasteiger partial charge in [-0.15, -0.1) is 0 Å². The number of halogens is 1. The highest BCUT2D eigenvalue weighted by Gasteiger charge is 2.15. The van der Waals surface area contributed by atoms with Crippen LogP contribution in [0.2, 0.25) is 0 Å². The summed E-state index contributed by atoms with van der Waals surface area (Å²) in [7, 11) is 0. The summed E-state index contributed by atoms with van der Waals surface area (Å²) in [5.41, 5.74) is 1.91. The first-order valence-corrected chi connectivity index (χ1v) is 9.08. The number of hydrogen-bond donors (Lipinski definition) is 2. The average Bonchev–Trinajstić information content (AvgIpc) is 2.74. The van der Waals surface area contributed by atoms with E-state index in [1.165, 1.54) is 18.3 Å². The van der Waals surface area contributed by atoms with E-state index in [-0.39, 0.29) is 23.9 Å². The van der Waals surface area contributed by atoms with Gasteiger partial charge in [-0.2, -0.15) is 0 Å². The highest BCUT2D eigenvalue weighted by molar-refractivity contribution is 6.07. The molecular formula is C22H20FN3O3. The van der Waals surface area contributed by atoms with Gasteiger partial charge in [-0.05, 0) is 48.9 Å². The van der Waals surface area contributed by atoms with Gasteiger partial charge in [-0.1, -0.05) is 24.3 Å². The van der Waals surface area contributed by atoms with E-state index in [1.54, 1.807) is 55.5 Å². The van der Waals surface area contributed by atoms with Crippen LogP contribution in [0.4, 0.5) is 15.9 Å². The van der Waals surface area contributed by atoms with Crippen LogP contribution < -0.4 is 10.6 Å². The van der Waals surface area contributed by atoms with Crippen LogP contribution in [0.1, 0.15) is 33.2 Å². The van der Waals surface area contributed by atoms with Gasteiger partial charge in [0.25, 0.3) is 5.91 Å². The summed E-state index contributed by atoms with van der Waals surface area (Å²) in [6.07, 6.45) is 1.44. The van der Waals surface area contributed by atoms with E-state index in [4.69, 9.17) is 4.74 Å².